The lowest BCUT2D eigenvalue weighted by Crippen LogP contribution is -2.43. The summed E-state index contributed by atoms with van der Waals surface area (Å²) >= 11 is 0. The molecule has 4 nitrogen and oxygen atoms in total. The maximum Gasteiger partial charge on any atom is 0.236 e. The first-order valence-corrected chi connectivity index (χ1v) is 7.20. The zero-order valence-electron chi connectivity index (χ0n) is 12.6. The van der Waals surface area contributed by atoms with E-state index in [0.29, 0.717) is 6.54 Å². The van der Waals surface area contributed by atoms with Crippen molar-refractivity contribution >= 4 is 5.91 Å². The SMILES string of the molecule is Cc1ccc(OC2CCN(CC(=O)N(C)C)CC2)cc1. The summed E-state index contributed by atoms with van der Waals surface area (Å²) in [7, 11) is 3.60. The number of carbonyl (C=O) groups excluding carboxylic acids is 1. The summed E-state index contributed by atoms with van der Waals surface area (Å²) < 4.78 is 5.99. The molecule has 0 aromatic heterocycles. The Morgan fingerprint density at radius 2 is 1.85 bits per heavy atom. The van der Waals surface area contributed by atoms with E-state index in [1.54, 1.807) is 19.0 Å². The molecule has 20 heavy (non-hydrogen) atoms. The van der Waals surface area contributed by atoms with Crippen molar-refractivity contribution in [2.24, 2.45) is 0 Å². The first-order valence-electron chi connectivity index (χ1n) is 7.20. The van der Waals surface area contributed by atoms with Gasteiger partial charge in [0.05, 0.1) is 6.54 Å². The zero-order chi connectivity index (χ0) is 14.5. The molecule has 0 spiro atoms. The van der Waals surface area contributed by atoms with Gasteiger partial charge in [-0.3, -0.25) is 9.69 Å². The third-order valence-corrected chi connectivity index (χ3v) is 3.72. The van der Waals surface area contributed by atoms with Gasteiger partial charge in [-0.05, 0) is 31.9 Å². The quantitative estimate of drug-likeness (QED) is 0.842. The molecule has 1 aromatic carbocycles. The number of aryl methyl sites for hydroxylation is 1. The first-order chi connectivity index (χ1) is 9.54. The Morgan fingerprint density at radius 1 is 1.25 bits per heavy atom. The van der Waals surface area contributed by atoms with Gasteiger partial charge in [0.15, 0.2) is 0 Å². The van der Waals surface area contributed by atoms with E-state index in [9.17, 15) is 4.79 Å². The number of benzene rings is 1. The Morgan fingerprint density at radius 3 is 2.40 bits per heavy atom. The Balaban J connectivity index is 1.77. The fraction of sp³-hybridized carbons (Fsp3) is 0.562. The van der Waals surface area contributed by atoms with E-state index in [2.05, 4.69) is 24.0 Å². The van der Waals surface area contributed by atoms with Crippen LogP contribution in [0.25, 0.3) is 0 Å². The topological polar surface area (TPSA) is 32.8 Å². The molecule has 1 saturated heterocycles. The van der Waals surface area contributed by atoms with Crippen LogP contribution in [0.15, 0.2) is 24.3 Å². The minimum absolute atomic E-state index is 0.169. The summed E-state index contributed by atoms with van der Waals surface area (Å²) in [5, 5.41) is 0. The van der Waals surface area contributed by atoms with Gasteiger partial charge in [-0.25, -0.2) is 0 Å². The van der Waals surface area contributed by atoms with Crippen LogP contribution in [0.2, 0.25) is 0 Å². The van der Waals surface area contributed by atoms with Gasteiger partial charge in [0.2, 0.25) is 5.91 Å². The molecule has 2 rings (SSSR count). The number of likely N-dealkylation sites (N-methyl/N-ethyl adjacent to an activating group) is 1. The lowest BCUT2D eigenvalue weighted by molar-refractivity contribution is -0.130. The molecule has 0 atom stereocenters. The zero-order valence-corrected chi connectivity index (χ0v) is 12.6. The van der Waals surface area contributed by atoms with Crippen molar-refractivity contribution in [2.75, 3.05) is 33.7 Å². The molecular formula is C16H24N2O2. The van der Waals surface area contributed by atoms with E-state index in [-0.39, 0.29) is 12.0 Å². The Bertz CT molecular complexity index is 434. The third kappa shape index (κ3) is 4.23. The summed E-state index contributed by atoms with van der Waals surface area (Å²) in [5.74, 6) is 1.11. The summed E-state index contributed by atoms with van der Waals surface area (Å²) in [4.78, 5) is 15.5. The molecule has 0 radical (unpaired) electrons. The second-order valence-corrected chi connectivity index (χ2v) is 5.69. The fourth-order valence-corrected chi connectivity index (χ4v) is 2.33. The van der Waals surface area contributed by atoms with E-state index in [1.807, 2.05) is 12.1 Å². The summed E-state index contributed by atoms with van der Waals surface area (Å²) in [6.45, 7) is 4.44. The molecule has 0 saturated carbocycles. The van der Waals surface area contributed by atoms with Crippen LogP contribution in [-0.2, 0) is 4.79 Å². The first kappa shape index (κ1) is 14.9. The number of hydrogen-bond donors (Lipinski definition) is 0. The standard InChI is InChI=1S/C16H24N2O2/c1-13-4-6-14(7-5-13)20-15-8-10-18(11-9-15)12-16(19)17(2)3/h4-7,15H,8-12H2,1-3H3. The lowest BCUT2D eigenvalue weighted by Gasteiger charge is -2.32. The number of amides is 1. The number of piperidine rings is 1. The van der Waals surface area contributed by atoms with Crippen molar-refractivity contribution in [1.29, 1.82) is 0 Å². The highest BCUT2D eigenvalue weighted by molar-refractivity contribution is 5.77. The molecule has 4 heteroatoms. The summed E-state index contributed by atoms with van der Waals surface area (Å²) in [6.07, 6.45) is 2.23. The second-order valence-electron chi connectivity index (χ2n) is 5.69. The maximum atomic E-state index is 11.7. The van der Waals surface area contributed by atoms with Crippen molar-refractivity contribution in [3.8, 4) is 5.75 Å². The third-order valence-electron chi connectivity index (χ3n) is 3.72. The van der Waals surface area contributed by atoms with Crippen LogP contribution in [0.1, 0.15) is 18.4 Å². The van der Waals surface area contributed by atoms with Gasteiger partial charge in [-0.2, -0.15) is 0 Å². The molecule has 0 N–H and O–H groups in total. The van der Waals surface area contributed by atoms with Gasteiger partial charge >= 0.3 is 0 Å². The van der Waals surface area contributed by atoms with Crippen LogP contribution in [-0.4, -0.2) is 55.5 Å². The smallest absolute Gasteiger partial charge is 0.236 e. The van der Waals surface area contributed by atoms with Crippen LogP contribution in [0.3, 0.4) is 0 Å². The molecule has 1 aromatic rings. The highest BCUT2D eigenvalue weighted by Crippen LogP contribution is 2.19. The molecule has 1 heterocycles. The highest BCUT2D eigenvalue weighted by atomic mass is 16.5. The van der Waals surface area contributed by atoms with Gasteiger partial charge < -0.3 is 9.64 Å². The Kier molecular flexibility index (Phi) is 5.01. The molecule has 1 aliphatic heterocycles. The van der Waals surface area contributed by atoms with E-state index in [0.717, 1.165) is 31.7 Å². The van der Waals surface area contributed by atoms with Crippen molar-refractivity contribution in [1.82, 2.24) is 9.80 Å². The average molecular weight is 276 g/mol. The van der Waals surface area contributed by atoms with E-state index in [4.69, 9.17) is 4.74 Å². The number of nitrogens with zero attached hydrogens (tertiary/aromatic N) is 2. The molecule has 110 valence electrons. The normalized spacial score (nSPS) is 16.9. The Labute approximate surface area is 121 Å². The number of ether oxygens (including phenoxy) is 1. The van der Waals surface area contributed by atoms with Crippen molar-refractivity contribution in [3.63, 3.8) is 0 Å². The lowest BCUT2D eigenvalue weighted by atomic mass is 10.1. The number of likely N-dealkylation sites (tertiary alicyclic amines) is 1. The minimum Gasteiger partial charge on any atom is -0.490 e. The molecule has 0 aliphatic carbocycles. The predicted molar refractivity (Wildman–Crippen MR) is 80.0 cm³/mol. The average Bonchev–Trinajstić information content (AvgIpc) is 2.43. The monoisotopic (exact) mass is 276 g/mol. The van der Waals surface area contributed by atoms with Gasteiger partial charge in [0.25, 0.3) is 0 Å². The van der Waals surface area contributed by atoms with E-state index in [1.165, 1.54) is 5.56 Å². The molecule has 1 aliphatic rings. The molecule has 0 bridgehead atoms. The van der Waals surface area contributed by atoms with Gasteiger partial charge in [0, 0.05) is 27.2 Å². The van der Waals surface area contributed by atoms with Crippen molar-refractivity contribution in [3.05, 3.63) is 29.8 Å². The number of hydrogen-bond acceptors (Lipinski definition) is 3. The van der Waals surface area contributed by atoms with Gasteiger partial charge in [-0.15, -0.1) is 0 Å². The van der Waals surface area contributed by atoms with Gasteiger partial charge in [0.1, 0.15) is 11.9 Å². The van der Waals surface area contributed by atoms with E-state index >= 15 is 0 Å². The number of rotatable bonds is 4. The highest BCUT2D eigenvalue weighted by Gasteiger charge is 2.22. The van der Waals surface area contributed by atoms with Crippen LogP contribution < -0.4 is 4.74 Å². The molecule has 0 unspecified atom stereocenters. The van der Waals surface area contributed by atoms with Gasteiger partial charge in [-0.1, -0.05) is 17.7 Å². The van der Waals surface area contributed by atoms with Crippen LogP contribution in [0.5, 0.6) is 5.75 Å². The minimum atomic E-state index is 0.169. The molecular weight excluding hydrogens is 252 g/mol. The number of carbonyl (C=O) groups is 1. The predicted octanol–water partition coefficient (Wildman–Crippen LogP) is 1.93. The van der Waals surface area contributed by atoms with E-state index < -0.39 is 0 Å². The van der Waals surface area contributed by atoms with Crippen molar-refractivity contribution in [2.45, 2.75) is 25.9 Å². The maximum absolute atomic E-state index is 11.7. The summed E-state index contributed by atoms with van der Waals surface area (Å²) in [5.41, 5.74) is 1.24. The summed E-state index contributed by atoms with van der Waals surface area (Å²) in [6, 6.07) is 8.19. The largest absolute Gasteiger partial charge is 0.490 e. The fourth-order valence-electron chi connectivity index (χ4n) is 2.33. The Hall–Kier alpha value is -1.55. The van der Waals surface area contributed by atoms with Crippen LogP contribution in [0, 0.1) is 6.92 Å². The molecule has 1 amide bonds. The van der Waals surface area contributed by atoms with Crippen LogP contribution >= 0.6 is 0 Å². The van der Waals surface area contributed by atoms with Crippen molar-refractivity contribution < 1.29 is 9.53 Å². The molecule has 1 fully saturated rings. The van der Waals surface area contributed by atoms with Crippen LogP contribution in [0.4, 0.5) is 0 Å². The second kappa shape index (κ2) is 6.75.